The van der Waals surface area contributed by atoms with Crippen LogP contribution in [0.15, 0.2) is 24.3 Å². The minimum absolute atomic E-state index is 0.0349. The van der Waals surface area contributed by atoms with E-state index in [-0.39, 0.29) is 24.9 Å². The van der Waals surface area contributed by atoms with E-state index >= 15 is 0 Å². The largest absolute Gasteiger partial charge is 0.494 e. The Kier molecular flexibility index (Phi) is 20.6. The molecule has 0 heterocycles. The number of rotatable bonds is 26. The Morgan fingerprint density at radius 2 is 1.49 bits per heavy atom. The van der Waals surface area contributed by atoms with Gasteiger partial charge in [-0.3, -0.25) is 13.8 Å². The summed E-state index contributed by atoms with van der Waals surface area (Å²) in [5.74, 6) is 0.926. The molecule has 0 saturated carbocycles. The molecule has 2 atom stereocenters. The van der Waals surface area contributed by atoms with Gasteiger partial charge in [-0.1, -0.05) is 83.8 Å². The first-order chi connectivity index (χ1) is 18.8. The Morgan fingerprint density at radius 3 is 2.08 bits per heavy atom. The van der Waals surface area contributed by atoms with Crippen molar-refractivity contribution in [3.63, 3.8) is 0 Å². The minimum Gasteiger partial charge on any atom is -0.494 e. The second-order valence-electron chi connectivity index (χ2n) is 10.9. The second kappa shape index (κ2) is 22.4. The molecular weight excluding hydrogens is 513 g/mol. The van der Waals surface area contributed by atoms with Crippen LogP contribution >= 0.6 is 7.82 Å². The monoisotopic (exact) mass is 569 g/mol. The molecule has 1 aromatic rings. The fourth-order valence-corrected chi connectivity index (χ4v) is 5.20. The fraction of sp³-hybridized carbons (Fsp3) is 0.774. The first kappa shape index (κ1) is 35.8. The molecule has 1 rings (SSSR count). The second-order valence-corrected chi connectivity index (χ2v) is 12.4. The average molecular weight is 570 g/mol. The van der Waals surface area contributed by atoms with Gasteiger partial charge in [0.15, 0.2) is 0 Å². The third-order valence-corrected chi connectivity index (χ3v) is 7.93. The molecule has 0 aromatic heterocycles. The highest BCUT2D eigenvalue weighted by Crippen LogP contribution is 2.43. The molecule has 0 bridgehead atoms. The van der Waals surface area contributed by atoms with Gasteiger partial charge in [0.25, 0.3) is 0 Å². The molecule has 7 nitrogen and oxygen atoms in total. The molecular formula is C31H56NO6P. The number of aryl methyl sites for hydroxylation is 1. The van der Waals surface area contributed by atoms with Gasteiger partial charge in [-0.15, -0.1) is 0 Å². The van der Waals surface area contributed by atoms with E-state index in [0.29, 0.717) is 19.4 Å². The summed E-state index contributed by atoms with van der Waals surface area (Å²) in [6, 6.07) is 8.24. The highest BCUT2D eigenvalue weighted by atomic mass is 31.2. The lowest BCUT2D eigenvalue weighted by molar-refractivity contribution is -0.120. The van der Waals surface area contributed by atoms with E-state index < -0.39 is 7.82 Å². The number of phosphoric ester groups is 1. The van der Waals surface area contributed by atoms with E-state index in [4.69, 9.17) is 13.8 Å². The molecule has 0 saturated heterocycles. The van der Waals surface area contributed by atoms with Crippen LogP contribution in [0.3, 0.4) is 0 Å². The van der Waals surface area contributed by atoms with Gasteiger partial charge in [-0.05, 0) is 63.4 Å². The van der Waals surface area contributed by atoms with Gasteiger partial charge in [0.1, 0.15) is 11.5 Å². The lowest BCUT2D eigenvalue weighted by Crippen LogP contribution is -2.18. The van der Waals surface area contributed by atoms with Crippen molar-refractivity contribution in [3.8, 4) is 5.75 Å². The summed E-state index contributed by atoms with van der Waals surface area (Å²) in [6.45, 7) is 5.52. The van der Waals surface area contributed by atoms with Crippen LogP contribution in [0, 0.1) is 5.92 Å². The Morgan fingerprint density at radius 1 is 0.872 bits per heavy atom. The minimum atomic E-state index is -4.13. The Balaban J connectivity index is 2.28. The van der Waals surface area contributed by atoms with E-state index in [0.717, 1.165) is 38.0 Å². The van der Waals surface area contributed by atoms with E-state index in [1.807, 2.05) is 38.1 Å². The Bertz CT molecular complexity index is 786. The number of phosphoric acid groups is 1. The lowest BCUT2D eigenvalue weighted by Gasteiger charge is -2.19. The summed E-state index contributed by atoms with van der Waals surface area (Å²) in [5, 5.41) is 0. The molecule has 0 fully saturated rings. The number of hydrogen-bond donors (Lipinski definition) is 1. The predicted molar refractivity (Wildman–Crippen MR) is 160 cm³/mol. The molecule has 1 N–H and O–H groups in total. The highest BCUT2D eigenvalue weighted by Gasteiger charge is 2.24. The molecule has 8 heteroatoms. The van der Waals surface area contributed by atoms with Crippen molar-refractivity contribution in [3.05, 3.63) is 29.8 Å². The average Bonchev–Trinajstić information content (AvgIpc) is 2.90. The molecule has 0 spiro atoms. The highest BCUT2D eigenvalue weighted by molar-refractivity contribution is 7.47. The van der Waals surface area contributed by atoms with Crippen molar-refractivity contribution in [2.75, 3.05) is 40.5 Å². The first-order valence-electron chi connectivity index (χ1n) is 15.3. The van der Waals surface area contributed by atoms with Crippen LogP contribution in [0.1, 0.15) is 109 Å². The smallest absolute Gasteiger partial charge is 0.472 e. The number of carbonyl (C=O) groups is 1. The van der Waals surface area contributed by atoms with Gasteiger partial charge >= 0.3 is 7.82 Å². The summed E-state index contributed by atoms with van der Waals surface area (Å²) in [7, 11) is -0.407. The maximum Gasteiger partial charge on any atom is 0.472 e. The summed E-state index contributed by atoms with van der Waals surface area (Å²) >= 11 is 0. The predicted octanol–water partition coefficient (Wildman–Crippen LogP) is 7.99. The maximum absolute atomic E-state index is 12.2. The van der Waals surface area contributed by atoms with Crippen LogP contribution in [-0.2, 0) is 24.8 Å². The number of ketones is 1. The van der Waals surface area contributed by atoms with Crippen molar-refractivity contribution in [1.29, 1.82) is 0 Å². The van der Waals surface area contributed by atoms with Gasteiger partial charge in [0.2, 0.25) is 0 Å². The SMILES string of the molecule is CCCCCCCCCCCCOc1ccc(CCCC(COP(=O)(O)OCCN(C)C)CC(=O)CC)cc1. The van der Waals surface area contributed by atoms with Gasteiger partial charge in [-0.2, -0.15) is 0 Å². The molecule has 2 unspecified atom stereocenters. The molecule has 0 amide bonds. The number of ether oxygens (including phenoxy) is 1. The van der Waals surface area contributed by atoms with Crippen LogP contribution in [-0.4, -0.2) is 56.0 Å². The van der Waals surface area contributed by atoms with Crippen molar-refractivity contribution < 1.29 is 28.0 Å². The van der Waals surface area contributed by atoms with Crippen molar-refractivity contribution in [1.82, 2.24) is 4.90 Å². The van der Waals surface area contributed by atoms with E-state index in [1.54, 1.807) is 0 Å². The molecule has 226 valence electrons. The Labute approximate surface area is 238 Å². The molecule has 1 aromatic carbocycles. The number of likely N-dealkylation sites (N-methyl/N-ethyl adjacent to an activating group) is 1. The third-order valence-electron chi connectivity index (χ3n) is 6.94. The Hall–Kier alpha value is -1.24. The lowest BCUT2D eigenvalue weighted by atomic mass is 9.95. The van der Waals surface area contributed by atoms with Gasteiger partial charge in [0, 0.05) is 19.4 Å². The van der Waals surface area contributed by atoms with Crippen LogP contribution in [0.5, 0.6) is 5.75 Å². The molecule has 0 radical (unpaired) electrons. The van der Waals surface area contributed by atoms with E-state index in [2.05, 4.69) is 19.1 Å². The van der Waals surface area contributed by atoms with E-state index in [9.17, 15) is 14.3 Å². The number of carbonyl (C=O) groups excluding carboxylic acids is 1. The van der Waals surface area contributed by atoms with Crippen LogP contribution < -0.4 is 4.74 Å². The van der Waals surface area contributed by atoms with Crippen molar-refractivity contribution in [2.45, 2.75) is 110 Å². The fourth-order valence-electron chi connectivity index (χ4n) is 4.41. The zero-order chi connectivity index (χ0) is 28.8. The maximum atomic E-state index is 12.2. The number of nitrogens with zero attached hydrogens (tertiary/aromatic N) is 1. The normalized spacial score (nSPS) is 13.9. The van der Waals surface area contributed by atoms with E-state index in [1.165, 1.54) is 63.4 Å². The first-order valence-corrected chi connectivity index (χ1v) is 16.7. The summed E-state index contributed by atoms with van der Waals surface area (Å²) in [4.78, 5) is 23.9. The zero-order valence-corrected chi connectivity index (χ0v) is 26.1. The summed E-state index contributed by atoms with van der Waals surface area (Å²) < 4.78 is 28.3. The van der Waals surface area contributed by atoms with Gasteiger partial charge in [0.05, 0.1) is 19.8 Å². The number of benzene rings is 1. The third kappa shape index (κ3) is 20.3. The molecule has 0 aliphatic carbocycles. The quantitative estimate of drug-likeness (QED) is 0.0894. The summed E-state index contributed by atoms with van der Waals surface area (Å²) in [6.07, 6.45) is 16.4. The number of hydrogen-bond acceptors (Lipinski definition) is 6. The number of unbranched alkanes of at least 4 members (excludes halogenated alkanes) is 9. The standard InChI is InChI=1S/C31H56NO6P/c1-5-7-8-9-10-11-12-13-14-15-24-36-31-21-19-28(20-22-31)17-16-18-29(26-30(33)6-2)27-38-39(34,35)37-25-23-32(3)4/h19-22,29H,5-18,23-27H2,1-4H3,(H,34,35). The van der Waals surface area contributed by atoms with Crippen molar-refractivity contribution in [2.24, 2.45) is 5.92 Å². The molecule has 39 heavy (non-hydrogen) atoms. The van der Waals surface area contributed by atoms with Crippen LogP contribution in [0.2, 0.25) is 0 Å². The van der Waals surface area contributed by atoms with Gasteiger partial charge in [-0.25, -0.2) is 4.57 Å². The van der Waals surface area contributed by atoms with Gasteiger partial charge < -0.3 is 14.5 Å². The zero-order valence-electron chi connectivity index (χ0n) is 25.2. The topological polar surface area (TPSA) is 85.3 Å². The van der Waals surface area contributed by atoms with Crippen molar-refractivity contribution >= 4 is 13.6 Å². The molecule has 0 aliphatic rings. The summed E-state index contributed by atoms with van der Waals surface area (Å²) in [5.41, 5.74) is 1.21. The van der Waals surface area contributed by atoms with Crippen LogP contribution in [0.4, 0.5) is 0 Å². The van der Waals surface area contributed by atoms with Crippen LogP contribution in [0.25, 0.3) is 0 Å². The molecule has 0 aliphatic heterocycles. The number of Topliss-reactive ketones (excluding diaryl/α,β-unsaturated/α-hetero) is 1.